The van der Waals surface area contributed by atoms with Gasteiger partial charge in [-0.05, 0) is 38.8 Å². The first kappa shape index (κ1) is 14.3. The molecular formula is C13H21N3O2. The normalized spacial score (nSPS) is 12.9. The summed E-state index contributed by atoms with van der Waals surface area (Å²) in [7, 11) is 0. The summed E-state index contributed by atoms with van der Waals surface area (Å²) >= 11 is 0. The summed E-state index contributed by atoms with van der Waals surface area (Å²) in [5, 5.41) is 2.81. The monoisotopic (exact) mass is 251 g/mol. The van der Waals surface area contributed by atoms with Crippen molar-refractivity contribution in [2.45, 2.75) is 45.8 Å². The molecule has 5 heteroatoms. The summed E-state index contributed by atoms with van der Waals surface area (Å²) in [4.78, 5) is 15.7. The first-order valence-corrected chi connectivity index (χ1v) is 6.01. The second-order valence-electron chi connectivity index (χ2n) is 5.16. The second kappa shape index (κ2) is 5.71. The van der Waals surface area contributed by atoms with Crippen LogP contribution in [0.15, 0.2) is 18.5 Å². The Morgan fingerprint density at radius 3 is 2.67 bits per heavy atom. The lowest BCUT2D eigenvalue weighted by Gasteiger charge is -2.23. The van der Waals surface area contributed by atoms with E-state index in [1.807, 2.05) is 27.7 Å². The van der Waals surface area contributed by atoms with Gasteiger partial charge in [0.2, 0.25) is 0 Å². The van der Waals surface area contributed by atoms with Crippen LogP contribution in [-0.4, -0.2) is 16.7 Å². The molecule has 1 heterocycles. The molecule has 0 saturated carbocycles. The van der Waals surface area contributed by atoms with Crippen LogP contribution in [0.1, 0.15) is 45.7 Å². The molecule has 0 fully saturated rings. The van der Waals surface area contributed by atoms with Crippen LogP contribution in [0.4, 0.5) is 10.5 Å². The Kier molecular flexibility index (Phi) is 4.53. The van der Waals surface area contributed by atoms with Crippen molar-refractivity contribution in [3.05, 3.63) is 24.0 Å². The molecule has 0 spiro atoms. The Morgan fingerprint density at radius 2 is 2.17 bits per heavy atom. The third-order valence-corrected chi connectivity index (χ3v) is 2.28. The SMILES string of the molecule is CCC(NC(=O)OC(C)(C)C)c1cncc(N)c1. The molecule has 0 aliphatic rings. The molecule has 1 atom stereocenters. The molecule has 1 rings (SSSR count). The molecule has 1 aromatic heterocycles. The van der Waals surface area contributed by atoms with Gasteiger partial charge in [-0.25, -0.2) is 4.79 Å². The Hall–Kier alpha value is -1.78. The molecular weight excluding hydrogens is 230 g/mol. The van der Waals surface area contributed by atoms with Gasteiger partial charge >= 0.3 is 6.09 Å². The maximum absolute atomic E-state index is 11.7. The van der Waals surface area contributed by atoms with Crippen molar-refractivity contribution in [1.29, 1.82) is 0 Å². The molecule has 0 aliphatic carbocycles. The van der Waals surface area contributed by atoms with Crippen molar-refractivity contribution in [1.82, 2.24) is 10.3 Å². The minimum Gasteiger partial charge on any atom is -0.444 e. The first-order valence-electron chi connectivity index (χ1n) is 6.01. The van der Waals surface area contributed by atoms with Gasteiger partial charge in [0.15, 0.2) is 0 Å². The second-order valence-corrected chi connectivity index (χ2v) is 5.16. The molecule has 0 radical (unpaired) electrons. The summed E-state index contributed by atoms with van der Waals surface area (Å²) in [6.45, 7) is 7.46. The molecule has 1 unspecified atom stereocenters. The van der Waals surface area contributed by atoms with E-state index < -0.39 is 11.7 Å². The molecule has 3 N–H and O–H groups in total. The van der Waals surface area contributed by atoms with Crippen LogP contribution < -0.4 is 11.1 Å². The number of nitrogens with two attached hydrogens (primary N) is 1. The highest BCUT2D eigenvalue weighted by molar-refractivity contribution is 5.68. The van der Waals surface area contributed by atoms with E-state index in [1.54, 1.807) is 18.5 Å². The summed E-state index contributed by atoms with van der Waals surface area (Å²) in [6, 6.07) is 1.66. The van der Waals surface area contributed by atoms with Crippen LogP contribution in [0.25, 0.3) is 0 Å². The van der Waals surface area contributed by atoms with Gasteiger partial charge in [0.25, 0.3) is 0 Å². The zero-order valence-electron chi connectivity index (χ0n) is 11.4. The lowest BCUT2D eigenvalue weighted by atomic mass is 10.1. The van der Waals surface area contributed by atoms with Crippen molar-refractivity contribution in [3.63, 3.8) is 0 Å². The number of nitrogens with one attached hydrogen (secondary N) is 1. The number of pyridine rings is 1. The number of carbonyl (C=O) groups excluding carboxylic acids is 1. The van der Waals surface area contributed by atoms with E-state index in [0.29, 0.717) is 5.69 Å². The highest BCUT2D eigenvalue weighted by Gasteiger charge is 2.19. The molecule has 100 valence electrons. The quantitative estimate of drug-likeness (QED) is 0.865. The topological polar surface area (TPSA) is 77.2 Å². The fraction of sp³-hybridized carbons (Fsp3) is 0.538. The van der Waals surface area contributed by atoms with Crippen molar-refractivity contribution < 1.29 is 9.53 Å². The predicted molar refractivity (Wildman–Crippen MR) is 71.1 cm³/mol. The van der Waals surface area contributed by atoms with E-state index in [1.165, 1.54) is 0 Å². The number of hydrogen-bond acceptors (Lipinski definition) is 4. The first-order chi connectivity index (χ1) is 8.31. The Morgan fingerprint density at radius 1 is 1.50 bits per heavy atom. The number of alkyl carbamates (subject to hydrolysis) is 1. The predicted octanol–water partition coefficient (Wildman–Crippen LogP) is 2.64. The van der Waals surface area contributed by atoms with Gasteiger partial charge in [-0.1, -0.05) is 6.92 Å². The number of nitrogen functional groups attached to an aromatic ring is 1. The van der Waals surface area contributed by atoms with Gasteiger partial charge in [-0.3, -0.25) is 4.98 Å². The minimum atomic E-state index is -0.504. The van der Waals surface area contributed by atoms with Gasteiger partial charge in [-0.2, -0.15) is 0 Å². The van der Waals surface area contributed by atoms with Crippen molar-refractivity contribution in [3.8, 4) is 0 Å². The van der Waals surface area contributed by atoms with Gasteiger partial charge in [0.1, 0.15) is 5.60 Å². The lowest BCUT2D eigenvalue weighted by molar-refractivity contribution is 0.0502. The average molecular weight is 251 g/mol. The van der Waals surface area contributed by atoms with E-state index in [-0.39, 0.29) is 6.04 Å². The molecule has 18 heavy (non-hydrogen) atoms. The van der Waals surface area contributed by atoms with Crippen molar-refractivity contribution >= 4 is 11.8 Å². The van der Waals surface area contributed by atoms with Crippen LogP contribution in [0.5, 0.6) is 0 Å². The molecule has 1 aromatic rings. The Labute approximate surface area is 108 Å². The lowest BCUT2D eigenvalue weighted by Crippen LogP contribution is -2.34. The largest absolute Gasteiger partial charge is 0.444 e. The molecule has 0 saturated heterocycles. The van der Waals surface area contributed by atoms with Crippen molar-refractivity contribution in [2.24, 2.45) is 0 Å². The number of aromatic nitrogens is 1. The number of nitrogens with zero attached hydrogens (tertiary/aromatic N) is 1. The fourth-order valence-electron chi connectivity index (χ4n) is 1.54. The van der Waals surface area contributed by atoms with Gasteiger partial charge in [0.05, 0.1) is 11.7 Å². The Balaban J connectivity index is 2.71. The number of anilines is 1. The number of amides is 1. The van der Waals surface area contributed by atoms with Crippen LogP contribution in [0.2, 0.25) is 0 Å². The summed E-state index contributed by atoms with van der Waals surface area (Å²) in [6.07, 6.45) is 3.58. The maximum atomic E-state index is 11.7. The number of ether oxygens (including phenoxy) is 1. The van der Waals surface area contributed by atoms with Crippen LogP contribution >= 0.6 is 0 Å². The molecule has 0 bridgehead atoms. The Bertz CT molecular complexity index is 413. The van der Waals surface area contributed by atoms with E-state index in [9.17, 15) is 4.79 Å². The van der Waals surface area contributed by atoms with Gasteiger partial charge in [0, 0.05) is 12.4 Å². The summed E-state index contributed by atoms with van der Waals surface area (Å²) in [5.74, 6) is 0. The zero-order chi connectivity index (χ0) is 13.8. The third-order valence-electron chi connectivity index (χ3n) is 2.28. The number of carbonyl (C=O) groups is 1. The van der Waals surface area contributed by atoms with E-state index >= 15 is 0 Å². The third kappa shape index (κ3) is 4.61. The van der Waals surface area contributed by atoms with Gasteiger partial charge < -0.3 is 15.8 Å². The number of rotatable bonds is 3. The molecule has 5 nitrogen and oxygen atoms in total. The van der Waals surface area contributed by atoms with Crippen LogP contribution in [0.3, 0.4) is 0 Å². The molecule has 0 aliphatic heterocycles. The van der Waals surface area contributed by atoms with Crippen LogP contribution in [0, 0.1) is 0 Å². The highest BCUT2D eigenvalue weighted by atomic mass is 16.6. The average Bonchev–Trinajstić information content (AvgIpc) is 2.23. The van der Waals surface area contributed by atoms with Crippen LogP contribution in [-0.2, 0) is 4.74 Å². The smallest absolute Gasteiger partial charge is 0.408 e. The van der Waals surface area contributed by atoms with Gasteiger partial charge in [-0.15, -0.1) is 0 Å². The van der Waals surface area contributed by atoms with Crippen molar-refractivity contribution in [2.75, 3.05) is 5.73 Å². The summed E-state index contributed by atoms with van der Waals surface area (Å²) in [5.41, 5.74) is 6.63. The van der Waals surface area contributed by atoms with E-state index in [4.69, 9.17) is 10.5 Å². The number of hydrogen-bond donors (Lipinski definition) is 2. The molecule has 1 amide bonds. The molecule has 0 aromatic carbocycles. The summed E-state index contributed by atoms with van der Waals surface area (Å²) < 4.78 is 5.22. The minimum absolute atomic E-state index is 0.143. The highest BCUT2D eigenvalue weighted by Crippen LogP contribution is 2.18. The van der Waals surface area contributed by atoms with E-state index in [2.05, 4.69) is 10.3 Å². The standard InChI is InChI=1S/C13H21N3O2/c1-5-11(9-6-10(14)8-15-7-9)16-12(17)18-13(2,3)4/h6-8,11H,5,14H2,1-4H3,(H,16,17). The zero-order valence-corrected chi connectivity index (χ0v) is 11.4. The fourth-order valence-corrected chi connectivity index (χ4v) is 1.54. The van der Waals surface area contributed by atoms with E-state index in [0.717, 1.165) is 12.0 Å². The maximum Gasteiger partial charge on any atom is 0.408 e.